The maximum atomic E-state index is 12.7. The molecule has 0 radical (unpaired) electrons. The van der Waals surface area contributed by atoms with E-state index in [1.807, 2.05) is 40.7 Å². The van der Waals surface area contributed by atoms with Crippen LogP contribution in [0.15, 0.2) is 29.1 Å². The van der Waals surface area contributed by atoms with E-state index in [-0.39, 0.29) is 17.6 Å². The van der Waals surface area contributed by atoms with Gasteiger partial charge in [0.15, 0.2) is 0 Å². The van der Waals surface area contributed by atoms with Crippen LogP contribution in [0.3, 0.4) is 0 Å². The SMILES string of the molecule is CCc1nnsc1C(=O)N1CCC(n2c(=O)[nH]c3ccccc32)CC1. The molecule has 130 valence electrons. The quantitative estimate of drug-likeness (QED) is 0.779. The molecule has 0 aliphatic carbocycles. The Labute approximate surface area is 148 Å². The topological polar surface area (TPSA) is 83.9 Å². The number of nitrogens with zero attached hydrogens (tertiary/aromatic N) is 4. The van der Waals surface area contributed by atoms with Crippen molar-refractivity contribution in [3.05, 3.63) is 45.3 Å². The average molecular weight is 357 g/mol. The van der Waals surface area contributed by atoms with Crippen molar-refractivity contribution in [2.75, 3.05) is 13.1 Å². The number of aromatic nitrogens is 4. The monoisotopic (exact) mass is 357 g/mol. The van der Waals surface area contributed by atoms with E-state index in [9.17, 15) is 9.59 Å². The number of piperidine rings is 1. The van der Waals surface area contributed by atoms with Gasteiger partial charge >= 0.3 is 5.69 Å². The highest BCUT2D eigenvalue weighted by Gasteiger charge is 2.28. The van der Waals surface area contributed by atoms with Crippen LogP contribution in [-0.4, -0.2) is 43.0 Å². The molecular formula is C17H19N5O2S. The average Bonchev–Trinajstić information content (AvgIpc) is 3.24. The first-order valence-corrected chi connectivity index (χ1v) is 9.26. The van der Waals surface area contributed by atoms with Crippen molar-refractivity contribution >= 4 is 28.5 Å². The summed E-state index contributed by atoms with van der Waals surface area (Å²) >= 11 is 1.17. The van der Waals surface area contributed by atoms with Crippen molar-refractivity contribution in [2.45, 2.75) is 32.2 Å². The molecule has 1 aliphatic heterocycles. The second-order valence-electron chi connectivity index (χ2n) is 6.24. The second-order valence-corrected chi connectivity index (χ2v) is 7.00. The molecule has 25 heavy (non-hydrogen) atoms. The Morgan fingerprint density at radius 1 is 1.32 bits per heavy atom. The van der Waals surface area contributed by atoms with Crippen LogP contribution >= 0.6 is 11.5 Å². The van der Waals surface area contributed by atoms with Crippen molar-refractivity contribution in [2.24, 2.45) is 0 Å². The predicted molar refractivity (Wildman–Crippen MR) is 96.0 cm³/mol. The van der Waals surface area contributed by atoms with E-state index < -0.39 is 0 Å². The molecule has 8 heteroatoms. The van der Waals surface area contributed by atoms with Gasteiger partial charge in [-0.3, -0.25) is 9.36 Å². The lowest BCUT2D eigenvalue weighted by atomic mass is 10.0. The smallest absolute Gasteiger partial charge is 0.326 e. The van der Waals surface area contributed by atoms with Crippen LogP contribution in [0.4, 0.5) is 0 Å². The van der Waals surface area contributed by atoms with E-state index in [0.29, 0.717) is 24.4 Å². The van der Waals surface area contributed by atoms with Gasteiger partial charge in [-0.2, -0.15) is 0 Å². The Hall–Kier alpha value is -2.48. The second kappa shape index (κ2) is 6.44. The van der Waals surface area contributed by atoms with E-state index in [2.05, 4.69) is 14.6 Å². The number of benzene rings is 1. The highest BCUT2D eigenvalue weighted by molar-refractivity contribution is 7.08. The molecule has 0 saturated carbocycles. The van der Waals surface area contributed by atoms with Gasteiger partial charge in [-0.1, -0.05) is 23.5 Å². The molecule has 1 aliphatic rings. The van der Waals surface area contributed by atoms with Crippen LogP contribution in [0.1, 0.15) is 41.2 Å². The minimum Gasteiger partial charge on any atom is -0.338 e. The molecule has 1 saturated heterocycles. The number of para-hydroxylation sites is 2. The minimum atomic E-state index is -0.0779. The first-order valence-electron chi connectivity index (χ1n) is 8.48. The summed E-state index contributed by atoms with van der Waals surface area (Å²) in [6.45, 7) is 3.25. The van der Waals surface area contributed by atoms with E-state index >= 15 is 0 Å². The fourth-order valence-corrected chi connectivity index (χ4v) is 4.23. The third-order valence-electron chi connectivity index (χ3n) is 4.83. The molecule has 0 spiro atoms. The molecule has 1 fully saturated rings. The molecule has 1 amide bonds. The van der Waals surface area contributed by atoms with E-state index in [1.165, 1.54) is 11.5 Å². The lowest BCUT2D eigenvalue weighted by Crippen LogP contribution is -2.40. The number of fused-ring (bicyclic) bond motifs is 1. The number of nitrogens with one attached hydrogen (secondary N) is 1. The summed E-state index contributed by atoms with van der Waals surface area (Å²) in [5.74, 6) is 0.0107. The third kappa shape index (κ3) is 2.76. The van der Waals surface area contributed by atoms with E-state index in [0.717, 1.165) is 29.6 Å². The maximum absolute atomic E-state index is 12.7. The Bertz CT molecular complexity index is 965. The molecule has 0 bridgehead atoms. The molecule has 7 nitrogen and oxygen atoms in total. The lowest BCUT2D eigenvalue weighted by Gasteiger charge is -2.32. The number of aryl methyl sites for hydroxylation is 1. The summed E-state index contributed by atoms with van der Waals surface area (Å²) in [6.07, 6.45) is 2.24. The van der Waals surface area contributed by atoms with Crippen molar-refractivity contribution < 1.29 is 4.79 Å². The first kappa shape index (κ1) is 16.0. The standard InChI is InChI=1S/C17H19N5O2S/c1-2-12-15(25-20-19-12)16(23)21-9-7-11(8-10-21)22-14-6-4-3-5-13(14)18-17(22)24/h3-6,11H,2,7-10H2,1H3,(H,18,24). The van der Waals surface area contributed by atoms with Crippen LogP contribution in [0, 0.1) is 0 Å². The number of carbonyl (C=O) groups excluding carboxylic acids is 1. The molecule has 0 atom stereocenters. The Kier molecular flexibility index (Phi) is 4.12. The first-order chi connectivity index (χ1) is 12.2. The summed E-state index contributed by atoms with van der Waals surface area (Å²) in [7, 11) is 0. The van der Waals surface area contributed by atoms with Crippen molar-refractivity contribution in [1.82, 2.24) is 24.0 Å². The Morgan fingerprint density at radius 3 is 2.84 bits per heavy atom. The highest BCUT2D eigenvalue weighted by atomic mass is 32.1. The largest absolute Gasteiger partial charge is 0.338 e. The molecule has 4 rings (SSSR count). The van der Waals surface area contributed by atoms with Crippen molar-refractivity contribution in [3.8, 4) is 0 Å². The number of rotatable bonds is 3. The normalized spacial score (nSPS) is 15.8. The third-order valence-corrected chi connectivity index (χ3v) is 5.58. The summed E-state index contributed by atoms with van der Waals surface area (Å²) in [5, 5.41) is 4.02. The molecule has 3 aromatic rings. The number of hydrogen-bond acceptors (Lipinski definition) is 5. The number of carbonyl (C=O) groups is 1. The van der Waals surface area contributed by atoms with Crippen LogP contribution in [0.5, 0.6) is 0 Å². The number of hydrogen-bond donors (Lipinski definition) is 1. The summed E-state index contributed by atoms with van der Waals surface area (Å²) in [5.41, 5.74) is 2.47. The Balaban J connectivity index is 1.52. The predicted octanol–water partition coefficient (Wildman–Crippen LogP) is 2.22. The van der Waals surface area contributed by atoms with Crippen molar-refractivity contribution in [3.63, 3.8) is 0 Å². The van der Waals surface area contributed by atoms with Crippen LogP contribution in [0.2, 0.25) is 0 Å². The van der Waals surface area contributed by atoms with Gasteiger partial charge in [-0.15, -0.1) is 5.10 Å². The van der Waals surface area contributed by atoms with E-state index in [4.69, 9.17) is 0 Å². The van der Waals surface area contributed by atoms with Gasteiger partial charge in [-0.25, -0.2) is 4.79 Å². The van der Waals surface area contributed by atoms with Crippen LogP contribution in [-0.2, 0) is 6.42 Å². The van der Waals surface area contributed by atoms with Gasteiger partial charge in [0.05, 0.1) is 16.7 Å². The van der Waals surface area contributed by atoms with Gasteiger partial charge < -0.3 is 9.88 Å². The number of aromatic amines is 1. The van der Waals surface area contributed by atoms with Crippen molar-refractivity contribution in [1.29, 1.82) is 0 Å². The van der Waals surface area contributed by atoms with Gasteiger partial charge in [0.2, 0.25) is 0 Å². The number of H-pyrrole nitrogens is 1. The number of likely N-dealkylation sites (tertiary alicyclic amines) is 1. The lowest BCUT2D eigenvalue weighted by molar-refractivity contribution is 0.0698. The molecule has 1 aromatic carbocycles. The summed E-state index contributed by atoms with van der Waals surface area (Å²) in [6, 6.07) is 7.83. The van der Waals surface area contributed by atoms with Gasteiger partial charge in [0.1, 0.15) is 4.88 Å². The van der Waals surface area contributed by atoms with Crippen LogP contribution in [0.25, 0.3) is 11.0 Å². The highest BCUT2D eigenvalue weighted by Crippen LogP contribution is 2.26. The number of imidazole rings is 1. The molecule has 2 aromatic heterocycles. The van der Waals surface area contributed by atoms with Gasteiger partial charge in [0.25, 0.3) is 5.91 Å². The maximum Gasteiger partial charge on any atom is 0.326 e. The zero-order chi connectivity index (χ0) is 17.4. The summed E-state index contributed by atoms with van der Waals surface area (Å²) in [4.78, 5) is 30.4. The Morgan fingerprint density at radius 2 is 2.08 bits per heavy atom. The van der Waals surface area contributed by atoms with E-state index in [1.54, 1.807) is 0 Å². The summed E-state index contributed by atoms with van der Waals surface area (Å²) < 4.78 is 5.74. The zero-order valence-electron chi connectivity index (χ0n) is 13.9. The number of amides is 1. The van der Waals surface area contributed by atoms with Crippen LogP contribution < -0.4 is 5.69 Å². The molecule has 3 heterocycles. The molecular weight excluding hydrogens is 338 g/mol. The minimum absolute atomic E-state index is 0.0107. The van der Waals surface area contributed by atoms with Gasteiger partial charge in [0, 0.05) is 19.1 Å². The fourth-order valence-electron chi connectivity index (χ4n) is 3.51. The molecule has 1 N–H and O–H groups in total. The molecule has 0 unspecified atom stereocenters. The van der Waals surface area contributed by atoms with Gasteiger partial charge in [-0.05, 0) is 42.9 Å². The zero-order valence-corrected chi connectivity index (χ0v) is 14.8. The fraction of sp³-hybridized carbons (Fsp3) is 0.412.